The molecule has 1 fully saturated rings. The SMILES string of the molecule is NC(=O)CN1CCC[C@@H](c2nccnc2Oc2ccc(Cl)cc2)C1. The fourth-order valence-corrected chi connectivity index (χ4v) is 3.08. The van der Waals surface area contributed by atoms with E-state index in [0.29, 0.717) is 16.7 Å². The molecular formula is C17H19ClN4O2. The first-order valence-electron chi connectivity index (χ1n) is 7.87. The zero-order valence-corrected chi connectivity index (χ0v) is 13.9. The third-order valence-electron chi connectivity index (χ3n) is 3.99. The van der Waals surface area contributed by atoms with Gasteiger partial charge >= 0.3 is 0 Å². The van der Waals surface area contributed by atoms with Crippen molar-refractivity contribution < 1.29 is 9.53 Å². The van der Waals surface area contributed by atoms with E-state index in [0.717, 1.165) is 31.6 Å². The van der Waals surface area contributed by atoms with E-state index in [1.54, 1.807) is 36.7 Å². The van der Waals surface area contributed by atoms with Gasteiger partial charge in [-0.2, -0.15) is 0 Å². The van der Waals surface area contributed by atoms with Crippen LogP contribution in [0.3, 0.4) is 0 Å². The molecule has 0 aliphatic carbocycles. The number of amides is 1. The number of nitrogens with two attached hydrogens (primary N) is 1. The highest BCUT2D eigenvalue weighted by atomic mass is 35.5. The number of hydrogen-bond acceptors (Lipinski definition) is 5. The molecule has 1 amide bonds. The summed E-state index contributed by atoms with van der Waals surface area (Å²) >= 11 is 5.90. The minimum atomic E-state index is -0.313. The number of benzene rings is 1. The van der Waals surface area contributed by atoms with Crippen molar-refractivity contribution in [2.24, 2.45) is 5.73 Å². The predicted octanol–water partition coefficient (Wildman–Crippen LogP) is 2.59. The number of primary amides is 1. The molecule has 0 saturated carbocycles. The summed E-state index contributed by atoms with van der Waals surface area (Å²) in [5.41, 5.74) is 6.11. The summed E-state index contributed by atoms with van der Waals surface area (Å²) in [6, 6.07) is 7.12. The van der Waals surface area contributed by atoms with Crippen molar-refractivity contribution in [3.05, 3.63) is 47.4 Å². The van der Waals surface area contributed by atoms with E-state index in [4.69, 9.17) is 22.1 Å². The topological polar surface area (TPSA) is 81.3 Å². The molecule has 1 aromatic carbocycles. The minimum Gasteiger partial charge on any atom is -0.437 e. The maximum atomic E-state index is 11.2. The zero-order chi connectivity index (χ0) is 16.9. The first-order chi connectivity index (χ1) is 11.6. The molecule has 1 atom stereocenters. The molecule has 1 aliphatic rings. The van der Waals surface area contributed by atoms with Gasteiger partial charge in [-0.15, -0.1) is 0 Å². The van der Waals surface area contributed by atoms with E-state index >= 15 is 0 Å². The highest BCUT2D eigenvalue weighted by Crippen LogP contribution is 2.32. The molecule has 0 bridgehead atoms. The maximum absolute atomic E-state index is 11.2. The lowest BCUT2D eigenvalue weighted by Gasteiger charge is -2.31. The van der Waals surface area contributed by atoms with Gasteiger partial charge in [-0.05, 0) is 43.7 Å². The van der Waals surface area contributed by atoms with Crippen LogP contribution in [0.25, 0.3) is 0 Å². The number of rotatable bonds is 5. The Bertz CT molecular complexity index is 708. The number of nitrogens with zero attached hydrogens (tertiary/aromatic N) is 3. The fourth-order valence-electron chi connectivity index (χ4n) is 2.95. The van der Waals surface area contributed by atoms with E-state index in [1.807, 2.05) is 0 Å². The van der Waals surface area contributed by atoms with Gasteiger partial charge in [0.1, 0.15) is 11.4 Å². The van der Waals surface area contributed by atoms with Crippen LogP contribution >= 0.6 is 11.6 Å². The second-order valence-electron chi connectivity index (χ2n) is 5.84. The average Bonchev–Trinajstić information content (AvgIpc) is 2.57. The Morgan fingerprint density at radius 3 is 2.79 bits per heavy atom. The van der Waals surface area contributed by atoms with Crippen molar-refractivity contribution in [3.8, 4) is 11.6 Å². The molecule has 6 nitrogen and oxygen atoms in total. The average molecular weight is 347 g/mol. The fraction of sp³-hybridized carbons (Fsp3) is 0.353. The number of ether oxygens (including phenoxy) is 1. The van der Waals surface area contributed by atoms with E-state index in [2.05, 4.69) is 14.9 Å². The number of carbonyl (C=O) groups excluding carboxylic acids is 1. The standard InChI is InChI=1S/C17H19ClN4O2/c18-13-3-5-14(6-4-13)24-17-16(20-7-8-21-17)12-2-1-9-22(10-12)11-15(19)23/h3-8,12H,1-2,9-11H2,(H2,19,23)/t12-/m1/s1. The van der Waals surface area contributed by atoms with Gasteiger partial charge in [0.25, 0.3) is 0 Å². The van der Waals surface area contributed by atoms with Gasteiger partial charge in [0, 0.05) is 29.9 Å². The maximum Gasteiger partial charge on any atom is 0.241 e. The molecule has 7 heteroatoms. The Morgan fingerprint density at radius 2 is 2.04 bits per heavy atom. The smallest absolute Gasteiger partial charge is 0.241 e. The van der Waals surface area contributed by atoms with E-state index in [-0.39, 0.29) is 18.4 Å². The Kier molecular flexibility index (Phi) is 5.27. The summed E-state index contributed by atoms with van der Waals surface area (Å²) in [5, 5.41) is 0.649. The summed E-state index contributed by atoms with van der Waals surface area (Å²) in [4.78, 5) is 22.0. The molecular weight excluding hydrogens is 328 g/mol. The van der Waals surface area contributed by atoms with E-state index < -0.39 is 0 Å². The second-order valence-corrected chi connectivity index (χ2v) is 6.28. The molecule has 1 aliphatic heterocycles. The van der Waals surface area contributed by atoms with Gasteiger partial charge < -0.3 is 10.5 Å². The predicted molar refractivity (Wildman–Crippen MR) is 91.2 cm³/mol. The van der Waals surface area contributed by atoms with Crippen LogP contribution in [0.4, 0.5) is 0 Å². The van der Waals surface area contributed by atoms with Gasteiger partial charge in [-0.1, -0.05) is 11.6 Å². The monoisotopic (exact) mass is 346 g/mol. The van der Waals surface area contributed by atoms with Gasteiger partial charge in [0.15, 0.2) is 0 Å². The van der Waals surface area contributed by atoms with Gasteiger partial charge in [0.2, 0.25) is 11.8 Å². The van der Waals surface area contributed by atoms with Crippen molar-refractivity contribution in [2.75, 3.05) is 19.6 Å². The lowest BCUT2D eigenvalue weighted by atomic mass is 9.94. The van der Waals surface area contributed by atoms with Crippen LogP contribution in [-0.4, -0.2) is 40.4 Å². The third kappa shape index (κ3) is 4.21. The van der Waals surface area contributed by atoms with Crippen LogP contribution in [0.1, 0.15) is 24.5 Å². The molecule has 126 valence electrons. The normalized spacial score (nSPS) is 18.3. The zero-order valence-electron chi connectivity index (χ0n) is 13.2. The molecule has 3 rings (SSSR count). The number of likely N-dealkylation sites (tertiary alicyclic amines) is 1. The molecule has 1 aromatic heterocycles. The van der Waals surface area contributed by atoms with Gasteiger partial charge in [0.05, 0.1) is 6.54 Å². The lowest BCUT2D eigenvalue weighted by Crippen LogP contribution is -2.40. The molecule has 24 heavy (non-hydrogen) atoms. The molecule has 2 heterocycles. The molecule has 2 aromatic rings. The van der Waals surface area contributed by atoms with Crippen LogP contribution in [0, 0.1) is 0 Å². The highest BCUT2D eigenvalue weighted by Gasteiger charge is 2.26. The van der Waals surface area contributed by atoms with Crippen LogP contribution < -0.4 is 10.5 Å². The number of hydrogen-bond donors (Lipinski definition) is 1. The van der Waals surface area contributed by atoms with Crippen molar-refractivity contribution in [2.45, 2.75) is 18.8 Å². The van der Waals surface area contributed by atoms with Crippen molar-refractivity contribution >= 4 is 17.5 Å². The molecule has 2 N–H and O–H groups in total. The van der Waals surface area contributed by atoms with Crippen molar-refractivity contribution in [3.63, 3.8) is 0 Å². The number of carbonyl (C=O) groups is 1. The van der Waals surface area contributed by atoms with Crippen molar-refractivity contribution in [1.29, 1.82) is 0 Å². The number of halogens is 1. The van der Waals surface area contributed by atoms with Crippen LogP contribution in [0.5, 0.6) is 11.6 Å². The highest BCUT2D eigenvalue weighted by molar-refractivity contribution is 6.30. The van der Waals surface area contributed by atoms with Crippen LogP contribution in [-0.2, 0) is 4.79 Å². The third-order valence-corrected chi connectivity index (χ3v) is 4.24. The first kappa shape index (κ1) is 16.7. The molecule has 1 saturated heterocycles. The molecule has 0 unspecified atom stereocenters. The lowest BCUT2D eigenvalue weighted by molar-refractivity contribution is -0.119. The van der Waals surface area contributed by atoms with Gasteiger partial charge in [-0.25, -0.2) is 4.98 Å². The Labute approximate surface area is 145 Å². The van der Waals surface area contributed by atoms with Gasteiger partial charge in [-0.3, -0.25) is 14.7 Å². The summed E-state index contributed by atoms with van der Waals surface area (Å²) in [7, 11) is 0. The molecule has 0 spiro atoms. The second kappa shape index (κ2) is 7.59. The first-order valence-corrected chi connectivity index (χ1v) is 8.24. The summed E-state index contributed by atoms with van der Waals surface area (Å²) in [6.07, 6.45) is 5.23. The summed E-state index contributed by atoms with van der Waals surface area (Å²) in [6.45, 7) is 1.86. The Hall–Kier alpha value is -2.18. The van der Waals surface area contributed by atoms with Crippen LogP contribution in [0.15, 0.2) is 36.7 Å². The van der Waals surface area contributed by atoms with E-state index in [1.165, 1.54) is 0 Å². The number of aromatic nitrogens is 2. The quantitative estimate of drug-likeness (QED) is 0.899. The summed E-state index contributed by atoms with van der Waals surface area (Å²) < 4.78 is 5.89. The largest absolute Gasteiger partial charge is 0.437 e. The Morgan fingerprint density at radius 1 is 1.29 bits per heavy atom. The number of piperidine rings is 1. The molecule has 0 radical (unpaired) electrons. The van der Waals surface area contributed by atoms with Crippen molar-refractivity contribution in [1.82, 2.24) is 14.9 Å². The van der Waals surface area contributed by atoms with E-state index in [9.17, 15) is 4.79 Å². The summed E-state index contributed by atoms with van der Waals surface area (Å²) in [5.74, 6) is 0.998. The minimum absolute atomic E-state index is 0.161. The Balaban J connectivity index is 1.78. The van der Waals surface area contributed by atoms with Crippen LogP contribution in [0.2, 0.25) is 5.02 Å².